The highest BCUT2D eigenvalue weighted by Crippen LogP contribution is 2.39. The number of nitrogens with one attached hydrogen (secondary N) is 2. The molecular formula is C30H30N2. The maximum absolute atomic E-state index is 3.75. The van der Waals surface area contributed by atoms with E-state index in [-0.39, 0.29) is 0 Å². The molecule has 1 aromatic carbocycles. The van der Waals surface area contributed by atoms with Crippen molar-refractivity contribution >= 4 is 17.7 Å². The van der Waals surface area contributed by atoms with E-state index < -0.39 is 0 Å². The number of allylic oxidation sites excluding steroid dienone is 9. The summed E-state index contributed by atoms with van der Waals surface area (Å²) in [6.07, 6.45) is 26.5. The van der Waals surface area contributed by atoms with E-state index >= 15 is 0 Å². The van der Waals surface area contributed by atoms with Gasteiger partial charge in [-0.2, -0.15) is 0 Å². The quantitative estimate of drug-likeness (QED) is 0.544. The Labute approximate surface area is 190 Å². The summed E-state index contributed by atoms with van der Waals surface area (Å²) in [5.41, 5.74) is 12.6. The summed E-state index contributed by atoms with van der Waals surface area (Å²) in [7, 11) is 0. The van der Waals surface area contributed by atoms with E-state index in [1.165, 1.54) is 45.0 Å². The summed E-state index contributed by atoms with van der Waals surface area (Å²) in [5.74, 6) is 0.467. The Morgan fingerprint density at radius 2 is 1.84 bits per heavy atom. The number of fused-ring (bicyclic) bond motifs is 3. The number of hydrogen-bond acceptors (Lipinski definition) is 1. The molecule has 2 aromatic rings. The van der Waals surface area contributed by atoms with Crippen LogP contribution in [-0.4, -0.2) is 4.98 Å². The number of aromatic amines is 1. The van der Waals surface area contributed by atoms with Crippen molar-refractivity contribution in [1.29, 1.82) is 0 Å². The van der Waals surface area contributed by atoms with Crippen molar-refractivity contribution in [2.24, 2.45) is 5.92 Å². The van der Waals surface area contributed by atoms with Crippen molar-refractivity contribution in [3.8, 4) is 0 Å². The molecule has 2 N–H and O–H groups in total. The Balaban J connectivity index is 1.34. The molecule has 32 heavy (non-hydrogen) atoms. The van der Waals surface area contributed by atoms with Crippen LogP contribution in [0.5, 0.6) is 0 Å². The van der Waals surface area contributed by atoms with Crippen LogP contribution < -0.4 is 5.32 Å². The summed E-state index contributed by atoms with van der Waals surface area (Å²) in [5, 5.41) is 3.75. The van der Waals surface area contributed by atoms with Crippen molar-refractivity contribution in [3.05, 3.63) is 112 Å². The first-order valence-electron chi connectivity index (χ1n) is 12.1. The number of aryl methyl sites for hydroxylation is 1. The maximum atomic E-state index is 3.75. The molecule has 2 heteroatoms. The Morgan fingerprint density at radius 3 is 2.72 bits per heavy atom. The molecule has 0 fully saturated rings. The fourth-order valence-corrected chi connectivity index (χ4v) is 5.50. The first kappa shape index (κ1) is 19.4. The van der Waals surface area contributed by atoms with Crippen LogP contribution in [0.15, 0.2) is 83.8 Å². The Morgan fingerprint density at radius 1 is 0.938 bits per heavy atom. The highest BCUT2D eigenvalue weighted by molar-refractivity contribution is 5.81. The number of aromatic nitrogens is 1. The summed E-state index contributed by atoms with van der Waals surface area (Å²) < 4.78 is 0. The van der Waals surface area contributed by atoms with Crippen molar-refractivity contribution in [2.75, 3.05) is 0 Å². The van der Waals surface area contributed by atoms with Crippen molar-refractivity contribution in [2.45, 2.75) is 44.9 Å². The molecule has 1 unspecified atom stereocenters. The van der Waals surface area contributed by atoms with Gasteiger partial charge in [-0.25, -0.2) is 0 Å². The lowest BCUT2D eigenvalue weighted by Crippen LogP contribution is -2.19. The number of benzene rings is 1. The van der Waals surface area contributed by atoms with E-state index in [1.54, 1.807) is 5.57 Å². The maximum Gasteiger partial charge on any atom is 0.0418 e. The van der Waals surface area contributed by atoms with Crippen molar-refractivity contribution < 1.29 is 0 Å². The van der Waals surface area contributed by atoms with Gasteiger partial charge in [-0.15, -0.1) is 0 Å². The van der Waals surface area contributed by atoms with Gasteiger partial charge in [0.1, 0.15) is 0 Å². The predicted molar refractivity (Wildman–Crippen MR) is 135 cm³/mol. The van der Waals surface area contributed by atoms with Gasteiger partial charge in [-0.1, -0.05) is 72.4 Å². The largest absolute Gasteiger partial charge is 0.359 e. The molecule has 2 nitrogen and oxygen atoms in total. The van der Waals surface area contributed by atoms with Gasteiger partial charge in [0, 0.05) is 34.3 Å². The standard InChI is InChI=1S/C30H30N2/c1-3-9-21(10-4-1)26-19-22(15-17-29(26)31-24-11-5-2-6-12-24)23-16-18-30-27(20-23)25-13-7-8-14-28(25)32-30/h1-5,8-11,14,17,19-20,22,31-32H,6-7,12-13,15-16,18H2. The van der Waals surface area contributed by atoms with Crippen LogP contribution in [0, 0.1) is 5.92 Å². The molecule has 0 saturated carbocycles. The second-order valence-corrected chi connectivity index (χ2v) is 9.26. The summed E-state index contributed by atoms with van der Waals surface area (Å²) in [6.45, 7) is 0. The van der Waals surface area contributed by atoms with E-state index in [9.17, 15) is 0 Å². The molecular weight excluding hydrogens is 388 g/mol. The van der Waals surface area contributed by atoms with Gasteiger partial charge in [0.05, 0.1) is 0 Å². The highest BCUT2D eigenvalue weighted by Gasteiger charge is 2.25. The molecule has 0 aliphatic heterocycles. The third kappa shape index (κ3) is 3.64. The third-order valence-corrected chi connectivity index (χ3v) is 7.20. The molecule has 6 rings (SSSR count). The SMILES string of the molecule is C1=CCCC(NC2=CCC(C3=Cc4c([nH]c5c4CCC=C5)CC3)C=C2c2ccccc2)=C1. The Hall–Kier alpha value is -3.26. The van der Waals surface area contributed by atoms with Crippen molar-refractivity contribution in [3.63, 3.8) is 0 Å². The lowest BCUT2D eigenvalue weighted by molar-refractivity contribution is 0.698. The minimum Gasteiger partial charge on any atom is -0.359 e. The van der Waals surface area contributed by atoms with Gasteiger partial charge < -0.3 is 10.3 Å². The van der Waals surface area contributed by atoms with Crippen LogP contribution in [-0.2, 0) is 12.8 Å². The van der Waals surface area contributed by atoms with Gasteiger partial charge in [0.25, 0.3) is 0 Å². The number of hydrogen-bond donors (Lipinski definition) is 2. The van der Waals surface area contributed by atoms with Gasteiger partial charge >= 0.3 is 0 Å². The van der Waals surface area contributed by atoms with E-state index in [0.717, 1.165) is 44.9 Å². The zero-order valence-corrected chi connectivity index (χ0v) is 18.5. The molecule has 1 atom stereocenters. The van der Waals surface area contributed by atoms with Gasteiger partial charge in [0.15, 0.2) is 0 Å². The van der Waals surface area contributed by atoms with Crippen LogP contribution in [0.1, 0.15) is 60.2 Å². The molecule has 1 aromatic heterocycles. The monoisotopic (exact) mass is 418 g/mol. The second kappa shape index (κ2) is 8.35. The Kier molecular flexibility index (Phi) is 5.07. The van der Waals surface area contributed by atoms with Crippen LogP contribution in [0.25, 0.3) is 17.7 Å². The number of rotatable bonds is 4. The van der Waals surface area contributed by atoms with Gasteiger partial charge in [-0.05, 0) is 73.8 Å². The third-order valence-electron chi connectivity index (χ3n) is 7.20. The Bertz CT molecular complexity index is 1210. The van der Waals surface area contributed by atoms with E-state index in [0.29, 0.717) is 5.92 Å². The van der Waals surface area contributed by atoms with Crippen LogP contribution >= 0.6 is 0 Å². The smallest absolute Gasteiger partial charge is 0.0418 e. The normalized spacial score (nSPS) is 21.7. The fourth-order valence-electron chi connectivity index (χ4n) is 5.50. The molecule has 160 valence electrons. The molecule has 0 radical (unpaired) electrons. The molecule has 0 saturated heterocycles. The summed E-state index contributed by atoms with van der Waals surface area (Å²) >= 11 is 0. The van der Waals surface area contributed by atoms with E-state index in [1.807, 2.05) is 0 Å². The minimum absolute atomic E-state index is 0.467. The summed E-state index contributed by atoms with van der Waals surface area (Å²) in [6, 6.07) is 10.9. The first-order chi connectivity index (χ1) is 15.8. The zero-order chi connectivity index (χ0) is 21.3. The average molecular weight is 419 g/mol. The van der Waals surface area contributed by atoms with E-state index in [2.05, 4.69) is 89.2 Å². The van der Waals surface area contributed by atoms with Crippen LogP contribution in [0.4, 0.5) is 0 Å². The van der Waals surface area contributed by atoms with Gasteiger partial charge in [-0.3, -0.25) is 0 Å². The average Bonchev–Trinajstić information content (AvgIpc) is 3.23. The topological polar surface area (TPSA) is 27.8 Å². The zero-order valence-electron chi connectivity index (χ0n) is 18.5. The molecule has 1 heterocycles. The lowest BCUT2D eigenvalue weighted by Gasteiger charge is -2.28. The first-order valence-corrected chi connectivity index (χ1v) is 12.1. The minimum atomic E-state index is 0.467. The second-order valence-electron chi connectivity index (χ2n) is 9.26. The molecule has 0 spiro atoms. The molecule has 0 bridgehead atoms. The lowest BCUT2D eigenvalue weighted by atomic mass is 9.80. The predicted octanol–water partition coefficient (Wildman–Crippen LogP) is 7.11. The summed E-state index contributed by atoms with van der Waals surface area (Å²) in [4.78, 5) is 3.68. The molecule has 0 amide bonds. The van der Waals surface area contributed by atoms with Crippen molar-refractivity contribution in [1.82, 2.24) is 10.3 Å². The molecule has 4 aliphatic rings. The molecule has 4 aliphatic carbocycles. The highest BCUT2D eigenvalue weighted by atomic mass is 14.9. The fraction of sp³-hybridized carbons (Fsp3) is 0.267. The number of H-pyrrole nitrogens is 1. The van der Waals surface area contributed by atoms with Gasteiger partial charge in [0.2, 0.25) is 0 Å². The van der Waals surface area contributed by atoms with Crippen LogP contribution in [0.2, 0.25) is 0 Å². The van der Waals surface area contributed by atoms with Crippen LogP contribution in [0.3, 0.4) is 0 Å². The van der Waals surface area contributed by atoms with E-state index in [4.69, 9.17) is 0 Å².